The Kier molecular flexibility index (Phi) is 9.91. The van der Waals surface area contributed by atoms with E-state index in [1.165, 1.54) is 32.4 Å². The number of sulfonamides is 1. The van der Waals surface area contributed by atoms with E-state index in [4.69, 9.17) is 9.47 Å². The van der Waals surface area contributed by atoms with Crippen molar-refractivity contribution in [1.29, 1.82) is 0 Å². The van der Waals surface area contributed by atoms with E-state index < -0.39 is 22.0 Å². The van der Waals surface area contributed by atoms with Crippen LogP contribution >= 0.6 is 0 Å². The predicted octanol–water partition coefficient (Wildman–Crippen LogP) is 4.18. The first-order valence-electron chi connectivity index (χ1n) is 12.3. The molecule has 0 aliphatic carbocycles. The van der Waals surface area contributed by atoms with Crippen LogP contribution in [0.15, 0.2) is 65.6 Å². The molecule has 39 heavy (non-hydrogen) atoms. The lowest BCUT2D eigenvalue weighted by molar-refractivity contribution is -0.138. The lowest BCUT2D eigenvalue weighted by Crippen LogP contribution is -2.42. The van der Waals surface area contributed by atoms with Gasteiger partial charge in [-0.25, -0.2) is 13.2 Å². The van der Waals surface area contributed by atoms with Crippen molar-refractivity contribution >= 4 is 27.7 Å². The molecular weight excluding hydrogens is 522 g/mol. The summed E-state index contributed by atoms with van der Waals surface area (Å²) in [6.45, 7) is 4.45. The van der Waals surface area contributed by atoms with Crippen molar-refractivity contribution in [1.82, 2.24) is 10.0 Å². The van der Waals surface area contributed by atoms with Crippen LogP contribution in [0.3, 0.4) is 0 Å². The zero-order valence-corrected chi connectivity index (χ0v) is 23.1. The zero-order chi connectivity index (χ0) is 28.6. The largest absolute Gasteiger partial charge is 0.493 e. The molecule has 1 atom stereocenters. The molecule has 0 spiro atoms. The molecule has 0 unspecified atom stereocenters. The summed E-state index contributed by atoms with van der Waals surface area (Å²) in [5.41, 5.74) is 3.94. The summed E-state index contributed by atoms with van der Waals surface area (Å²) in [4.78, 5) is 23.9. The Labute approximate surface area is 228 Å². The number of carboxylic acids is 1. The molecule has 0 aliphatic rings. The number of anilines is 1. The predicted molar refractivity (Wildman–Crippen MR) is 149 cm³/mol. The maximum absolute atomic E-state index is 12.9. The van der Waals surface area contributed by atoms with Gasteiger partial charge in [0.15, 0.2) is 11.5 Å². The van der Waals surface area contributed by atoms with Crippen LogP contribution in [0, 0.1) is 6.92 Å². The van der Waals surface area contributed by atoms with Gasteiger partial charge < -0.3 is 25.2 Å². The normalized spacial score (nSPS) is 11.9. The minimum absolute atomic E-state index is 0.0690. The maximum atomic E-state index is 12.9. The van der Waals surface area contributed by atoms with E-state index in [9.17, 15) is 23.1 Å². The number of hydrogen-bond acceptors (Lipinski definition) is 6. The number of methoxy groups -OCH3 is 2. The third-order valence-corrected chi connectivity index (χ3v) is 7.48. The maximum Gasteiger partial charge on any atom is 0.322 e. The van der Waals surface area contributed by atoms with Gasteiger partial charge in [-0.15, -0.1) is 0 Å². The summed E-state index contributed by atoms with van der Waals surface area (Å²) in [5, 5.41) is 15.4. The number of nitrogens with one attached hydrogen (secondary N) is 3. The average molecular weight is 556 g/mol. The second-order valence-corrected chi connectivity index (χ2v) is 10.6. The zero-order valence-electron chi connectivity index (χ0n) is 22.3. The molecule has 2 amide bonds. The van der Waals surface area contributed by atoms with Gasteiger partial charge in [0.1, 0.15) is 6.04 Å². The van der Waals surface area contributed by atoms with Gasteiger partial charge in [0.05, 0.1) is 19.1 Å². The molecule has 10 nitrogen and oxygen atoms in total. The van der Waals surface area contributed by atoms with Crippen molar-refractivity contribution in [2.24, 2.45) is 0 Å². The quantitative estimate of drug-likeness (QED) is 0.262. The van der Waals surface area contributed by atoms with Crippen molar-refractivity contribution in [3.63, 3.8) is 0 Å². The van der Waals surface area contributed by atoms with E-state index >= 15 is 0 Å². The fraction of sp³-hybridized carbons (Fsp3) is 0.286. The molecule has 3 rings (SSSR count). The highest BCUT2D eigenvalue weighted by Crippen LogP contribution is 2.30. The number of urea groups is 1. The van der Waals surface area contributed by atoms with Crippen LogP contribution in [0.5, 0.6) is 11.5 Å². The van der Waals surface area contributed by atoms with Crippen LogP contribution in [-0.4, -0.2) is 52.3 Å². The second kappa shape index (κ2) is 13.1. The fourth-order valence-electron chi connectivity index (χ4n) is 3.83. The van der Waals surface area contributed by atoms with Gasteiger partial charge in [0.2, 0.25) is 10.0 Å². The molecule has 3 aromatic rings. The van der Waals surface area contributed by atoms with Gasteiger partial charge in [-0.1, -0.05) is 43.3 Å². The Morgan fingerprint density at radius 1 is 0.923 bits per heavy atom. The lowest BCUT2D eigenvalue weighted by Gasteiger charge is -2.16. The highest BCUT2D eigenvalue weighted by molar-refractivity contribution is 7.89. The molecular formula is C28H33N3O7S. The number of carbonyl (C=O) groups is 2. The minimum Gasteiger partial charge on any atom is -0.493 e. The highest BCUT2D eigenvalue weighted by atomic mass is 32.2. The second-order valence-electron chi connectivity index (χ2n) is 8.84. The molecule has 208 valence electrons. The third-order valence-electron chi connectivity index (χ3n) is 6.01. The van der Waals surface area contributed by atoms with E-state index in [0.29, 0.717) is 23.5 Å². The SMILES string of the molecule is CCCNC(=O)Nc1cc(-c2ccc(C[C@H](NS(=O)(=O)c3ccc(OC)c(OC)c3)C(=O)O)cc2)ccc1C. The Morgan fingerprint density at radius 2 is 1.59 bits per heavy atom. The number of carboxylic acid groups (broad SMARTS) is 1. The molecule has 4 N–H and O–H groups in total. The van der Waals surface area contributed by atoms with Gasteiger partial charge in [0, 0.05) is 18.3 Å². The summed E-state index contributed by atoms with van der Waals surface area (Å²) < 4.78 is 38.4. The summed E-state index contributed by atoms with van der Waals surface area (Å²) in [7, 11) is -1.36. The molecule has 0 saturated carbocycles. The molecule has 11 heteroatoms. The van der Waals surface area contributed by atoms with Crippen LogP contribution in [0.2, 0.25) is 0 Å². The Hall–Kier alpha value is -4.09. The topological polar surface area (TPSA) is 143 Å². The molecule has 0 saturated heterocycles. The van der Waals surface area contributed by atoms with Crippen molar-refractivity contribution in [2.45, 2.75) is 37.6 Å². The number of benzene rings is 3. The van der Waals surface area contributed by atoms with Crippen molar-refractivity contribution < 1.29 is 32.6 Å². The van der Waals surface area contributed by atoms with E-state index in [1.54, 1.807) is 12.1 Å². The number of ether oxygens (including phenoxy) is 2. The van der Waals surface area contributed by atoms with Crippen LogP contribution in [-0.2, 0) is 21.2 Å². The summed E-state index contributed by atoms with van der Waals surface area (Å²) in [6.07, 6.45) is 0.764. The van der Waals surface area contributed by atoms with E-state index in [1.807, 2.05) is 44.2 Å². The van der Waals surface area contributed by atoms with E-state index in [2.05, 4.69) is 15.4 Å². The lowest BCUT2D eigenvalue weighted by atomic mass is 9.99. The smallest absolute Gasteiger partial charge is 0.322 e. The van der Waals surface area contributed by atoms with E-state index in [-0.39, 0.29) is 23.1 Å². The standard InChI is InChI=1S/C28H33N3O7S/c1-5-14-29-28(34)30-23-16-21(9-6-18(23)2)20-10-7-19(8-11-20)15-24(27(32)33)31-39(35,36)22-12-13-25(37-3)26(17-22)38-4/h6-13,16-17,24,31H,5,14-15H2,1-4H3,(H,32,33)(H2,29,30,34)/t24-/m0/s1. The number of rotatable bonds is 12. The molecule has 0 heterocycles. The van der Waals surface area contributed by atoms with E-state index in [0.717, 1.165) is 23.1 Å². The summed E-state index contributed by atoms with van der Waals surface area (Å²) >= 11 is 0. The fourth-order valence-corrected chi connectivity index (χ4v) is 5.03. The minimum atomic E-state index is -4.16. The number of aryl methyl sites for hydroxylation is 1. The molecule has 0 fully saturated rings. The van der Waals surface area contributed by atoms with Crippen LogP contribution in [0.1, 0.15) is 24.5 Å². The summed E-state index contributed by atoms with van der Waals surface area (Å²) in [6, 6.07) is 15.2. The van der Waals surface area contributed by atoms with Crippen LogP contribution in [0.4, 0.5) is 10.5 Å². The van der Waals surface area contributed by atoms with Gasteiger partial charge in [-0.2, -0.15) is 4.72 Å². The van der Waals surface area contributed by atoms with Crippen molar-refractivity contribution in [3.05, 3.63) is 71.8 Å². The Balaban J connectivity index is 1.76. The van der Waals surface area contributed by atoms with Crippen LogP contribution in [0.25, 0.3) is 11.1 Å². The average Bonchev–Trinajstić information content (AvgIpc) is 2.92. The van der Waals surface area contributed by atoms with Gasteiger partial charge in [-0.3, -0.25) is 4.79 Å². The number of aliphatic carboxylic acids is 1. The first kappa shape index (κ1) is 29.5. The number of amides is 2. The summed E-state index contributed by atoms with van der Waals surface area (Å²) in [5.74, 6) is -0.750. The Morgan fingerprint density at radius 3 is 2.21 bits per heavy atom. The van der Waals surface area contributed by atoms with Gasteiger partial charge in [-0.05, 0) is 60.2 Å². The molecule has 0 bridgehead atoms. The molecule has 3 aromatic carbocycles. The first-order valence-corrected chi connectivity index (χ1v) is 13.8. The molecule has 0 aromatic heterocycles. The first-order chi connectivity index (χ1) is 18.6. The molecule has 0 radical (unpaired) electrons. The molecule has 0 aliphatic heterocycles. The van der Waals surface area contributed by atoms with Gasteiger partial charge in [0.25, 0.3) is 0 Å². The van der Waals surface area contributed by atoms with Crippen molar-refractivity contribution in [3.8, 4) is 22.6 Å². The van der Waals surface area contributed by atoms with Crippen LogP contribution < -0.4 is 24.8 Å². The third kappa shape index (κ3) is 7.71. The van der Waals surface area contributed by atoms with Crippen molar-refractivity contribution in [2.75, 3.05) is 26.1 Å². The number of carbonyl (C=O) groups excluding carboxylic acids is 1. The number of hydrogen-bond donors (Lipinski definition) is 4. The van der Waals surface area contributed by atoms with Gasteiger partial charge >= 0.3 is 12.0 Å². The monoisotopic (exact) mass is 555 g/mol. The Bertz CT molecular complexity index is 1420. The highest BCUT2D eigenvalue weighted by Gasteiger charge is 2.26.